The summed E-state index contributed by atoms with van der Waals surface area (Å²) in [7, 11) is 0. The van der Waals surface area contributed by atoms with Gasteiger partial charge in [0.2, 0.25) is 0 Å². The molecule has 0 aliphatic rings. The summed E-state index contributed by atoms with van der Waals surface area (Å²) in [6.07, 6.45) is 6.77. The largest absolute Gasteiger partial charge is 0.478 e. The third kappa shape index (κ3) is 5.26. The van der Waals surface area contributed by atoms with Crippen molar-refractivity contribution in [3.05, 3.63) is 41.7 Å². The van der Waals surface area contributed by atoms with Crippen molar-refractivity contribution in [3.8, 4) is 0 Å². The summed E-state index contributed by atoms with van der Waals surface area (Å²) in [6.45, 7) is 3.25. The van der Waals surface area contributed by atoms with Gasteiger partial charge in [0.05, 0.1) is 0 Å². The van der Waals surface area contributed by atoms with Gasteiger partial charge in [-0.25, -0.2) is 4.79 Å². The fourth-order valence-electron chi connectivity index (χ4n) is 1.46. The van der Waals surface area contributed by atoms with Gasteiger partial charge >= 0.3 is 5.97 Å². The summed E-state index contributed by atoms with van der Waals surface area (Å²) in [5, 5.41) is 12.0. The average Bonchev–Trinajstić information content (AvgIpc) is 2.34. The predicted molar refractivity (Wildman–Crippen MR) is 66.8 cm³/mol. The van der Waals surface area contributed by atoms with E-state index in [9.17, 15) is 4.79 Å². The van der Waals surface area contributed by atoms with Crippen molar-refractivity contribution in [2.75, 3.05) is 13.1 Å². The zero-order chi connectivity index (χ0) is 12.5. The van der Waals surface area contributed by atoms with Crippen LogP contribution in [0, 0.1) is 0 Å². The van der Waals surface area contributed by atoms with Crippen molar-refractivity contribution in [3.63, 3.8) is 0 Å². The number of aromatic nitrogens is 1. The average molecular weight is 234 g/mol. The molecule has 0 aromatic carbocycles. The lowest BCUT2D eigenvalue weighted by Crippen LogP contribution is -2.18. The minimum Gasteiger partial charge on any atom is -0.478 e. The maximum absolute atomic E-state index is 10.7. The highest BCUT2D eigenvalue weighted by Gasteiger charge is 2.02. The molecule has 1 heterocycles. The number of pyridine rings is 1. The van der Waals surface area contributed by atoms with E-state index in [1.54, 1.807) is 12.3 Å². The molecule has 17 heavy (non-hydrogen) atoms. The lowest BCUT2D eigenvalue weighted by atomic mass is 10.2. The molecule has 2 N–H and O–H groups in total. The number of aliphatic carboxylic acids is 1. The quantitative estimate of drug-likeness (QED) is 0.556. The Labute approximate surface area is 101 Å². The maximum atomic E-state index is 10.7. The number of carboxylic acids is 1. The van der Waals surface area contributed by atoms with E-state index in [-0.39, 0.29) is 0 Å². The second kappa shape index (κ2) is 7.57. The van der Waals surface area contributed by atoms with E-state index in [1.807, 2.05) is 25.3 Å². The molecule has 0 atom stereocenters. The highest BCUT2D eigenvalue weighted by Crippen LogP contribution is 1.99. The maximum Gasteiger partial charge on any atom is 0.331 e. The molecule has 0 aliphatic heterocycles. The molecule has 1 aromatic rings. The summed E-state index contributed by atoms with van der Waals surface area (Å²) in [4.78, 5) is 14.7. The molecule has 4 nitrogen and oxygen atoms in total. The van der Waals surface area contributed by atoms with E-state index < -0.39 is 5.97 Å². The molecule has 0 spiro atoms. The smallest absolute Gasteiger partial charge is 0.331 e. The molecule has 0 unspecified atom stereocenters. The molecule has 1 aromatic heterocycles. The lowest BCUT2D eigenvalue weighted by Gasteiger charge is -2.02. The van der Waals surface area contributed by atoms with Crippen LogP contribution in [0.1, 0.15) is 18.9 Å². The van der Waals surface area contributed by atoms with Crippen LogP contribution in [-0.2, 0) is 11.2 Å². The van der Waals surface area contributed by atoms with E-state index in [2.05, 4.69) is 10.3 Å². The first-order valence-corrected chi connectivity index (χ1v) is 5.76. The fraction of sp³-hybridized carbons (Fsp3) is 0.385. The van der Waals surface area contributed by atoms with Gasteiger partial charge in [-0.05, 0) is 31.0 Å². The Morgan fingerprint density at radius 2 is 2.41 bits per heavy atom. The van der Waals surface area contributed by atoms with Crippen LogP contribution in [0.15, 0.2) is 36.2 Å². The molecule has 92 valence electrons. The van der Waals surface area contributed by atoms with Gasteiger partial charge in [0.25, 0.3) is 0 Å². The first-order chi connectivity index (χ1) is 8.24. The van der Waals surface area contributed by atoms with Gasteiger partial charge in [-0.3, -0.25) is 4.98 Å². The van der Waals surface area contributed by atoms with Crippen molar-refractivity contribution in [2.24, 2.45) is 0 Å². The van der Waals surface area contributed by atoms with Crippen LogP contribution in [-0.4, -0.2) is 29.1 Å². The Kier molecular flexibility index (Phi) is 5.96. The van der Waals surface area contributed by atoms with Crippen LogP contribution in [0.3, 0.4) is 0 Å². The van der Waals surface area contributed by atoms with Crippen LogP contribution in [0.25, 0.3) is 0 Å². The minimum atomic E-state index is -0.832. The number of hydrogen-bond donors (Lipinski definition) is 2. The number of hydrogen-bond acceptors (Lipinski definition) is 3. The summed E-state index contributed by atoms with van der Waals surface area (Å²) >= 11 is 0. The lowest BCUT2D eigenvalue weighted by molar-refractivity contribution is -0.132. The Bertz CT molecular complexity index is 374. The first-order valence-electron chi connectivity index (χ1n) is 5.76. The summed E-state index contributed by atoms with van der Waals surface area (Å²) in [6, 6.07) is 3.94. The Morgan fingerprint density at radius 3 is 3.00 bits per heavy atom. The van der Waals surface area contributed by atoms with E-state index in [0.29, 0.717) is 18.5 Å². The molecular formula is C13H18N2O2. The van der Waals surface area contributed by atoms with E-state index in [4.69, 9.17) is 5.11 Å². The molecule has 0 fully saturated rings. The molecule has 0 saturated heterocycles. The second-order valence-corrected chi connectivity index (χ2v) is 3.70. The topological polar surface area (TPSA) is 62.2 Å². The van der Waals surface area contributed by atoms with Crippen molar-refractivity contribution < 1.29 is 9.90 Å². The monoisotopic (exact) mass is 234 g/mol. The number of nitrogens with zero attached hydrogens (tertiary/aromatic N) is 1. The minimum absolute atomic E-state index is 0.457. The van der Waals surface area contributed by atoms with E-state index in [1.165, 1.54) is 5.56 Å². The summed E-state index contributed by atoms with van der Waals surface area (Å²) in [5.74, 6) is -0.832. The van der Waals surface area contributed by atoms with Gasteiger partial charge in [0.1, 0.15) is 0 Å². The molecule has 4 heteroatoms. The first kappa shape index (κ1) is 13.4. The third-order valence-electron chi connectivity index (χ3n) is 2.46. The van der Waals surface area contributed by atoms with Crippen molar-refractivity contribution in [2.45, 2.75) is 19.8 Å². The van der Waals surface area contributed by atoms with Gasteiger partial charge in [-0.1, -0.05) is 19.1 Å². The SMILES string of the molecule is CC/C(=C/CNCCc1cccnc1)C(=O)O. The summed E-state index contributed by atoms with van der Waals surface area (Å²) < 4.78 is 0. The molecule has 0 bridgehead atoms. The number of rotatable bonds is 7. The van der Waals surface area contributed by atoms with Crippen LogP contribution in [0.5, 0.6) is 0 Å². The van der Waals surface area contributed by atoms with Gasteiger partial charge in [0, 0.05) is 24.5 Å². The molecule has 0 saturated carbocycles. The third-order valence-corrected chi connectivity index (χ3v) is 2.46. The highest BCUT2D eigenvalue weighted by molar-refractivity contribution is 5.86. The number of carboxylic acid groups (broad SMARTS) is 1. The molecule has 0 aliphatic carbocycles. The van der Waals surface area contributed by atoms with Crippen molar-refractivity contribution in [1.82, 2.24) is 10.3 Å². The normalized spacial score (nSPS) is 11.5. The van der Waals surface area contributed by atoms with E-state index >= 15 is 0 Å². The Morgan fingerprint density at radius 1 is 1.59 bits per heavy atom. The second-order valence-electron chi connectivity index (χ2n) is 3.70. The van der Waals surface area contributed by atoms with Crippen molar-refractivity contribution >= 4 is 5.97 Å². The molecule has 0 radical (unpaired) electrons. The summed E-state index contributed by atoms with van der Waals surface area (Å²) in [5.41, 5.74) is 1.64. The molecular weight excluding hydrogens is 216 g/mol. The van der Waals surface area contributed by atoms with E-state index in [0.717, 1.165) is 13.0 Å². The van der Waals surface area contributed by atoms with Gasteiger partial charge < -0.3 is 10.4 Å². The van der Waals surface area contributed by atoms with Crippen LogP contribution in [0.2, 0.25) is 0 Å². The van der Waals surface area contributed by atoms with Gasteiger partial charge in [-0.15, -0.1) is 0 Å². The predicted octanol–water partition coefficient (Wildman–Crippen LogP) is 1.63. The Hall–Kier alpha value is -1.68. The van der Waals surface area contributed by atoms with Crippen LogP contribution >= 0.6 is 0 Å². The number of carbonyl (C=O) groups is 1. The standard InChI is InChI=1S/C13H18N2O2/c1-2-12(13(16)17)6-9-14-8-5-11-4-3-7-15-10-11/h3-4,6-7,10,14H,2,5,8-9H2,1H3,(H,16,17)/b12-6-. The Balaban J connectivity index is 2.23. The zero-order valence-electron chi connectivity index (χ0n) is 10.0. The van der Waals surface area contributed by atoms with Crippen molar-refractivity contribution in [1.29, 1.82) is 0 Å². The van der Waals surface area contributed by atoms with Crippen LogP contribution < -0.4 is 5.32 Å². The van der Waals surface area contributed by atoms with Crippen LogP contribution in [0.4, 0.5) is 0 Å². The van der Waals surface area contributed by atoms with Gasteiger partial charge in [0.15, 0.2) is 0 Å². The zero-order valence-corrected chi connectivity index (χ0v) is 10.0. The molecule has 1 rings (SSSR count). The number of nitrogens with one attached hydrogen (secondary N) is 1. The highest BCUT2D eigenvalue weighted by atomic mass is 16.4. The van der Waals surface area contributed by atoms with Gasteiger partial charge in [-0.2, -0.15) is 0 Å². The fourth-order valence-corrected chi connectivity index (χ4v) is 1.46. The molecule has 0 amide bonds.